The summed E-state index contributed by atoms with van der Waals surface area (Å²) < 4.78 is 23.6. The van der Waals surface area contributed by atoms with Gasteiger partial charge in [-0.05, 0) is 51.5 Å². The maximum Gasteiger partial charge on any atom is 0.204 e. The molecule has 0 amide bonds. The standard InChI is InChI=1S/C23H26O6S/c1-6-14(4)28-19-12-18-21(23(22(19)26-5)27-13(2)3)17(25)11-20(29-18)30-16-9-7-15(24)8-10-16/h7-14,24H,6H2,1-5H3. The highest BCUT2D eigenvalue weighted by molar-refractivity contribution is 7.99. The lowest BCUT2D eigenvalue weighted by molar-refractivity contribution is 0.197. The van der Waals surface area contributed by atoms with Crippen molar-refractivity contribution in [2.45, 2.75) is 56.3 Å². The zero-order valence-corrected chi connectivity index (χ0v) is 18.5. The number of ether oxygens (including phenoxy) is 3. The van der Waals surface area contributed by atoms with Gasteiger partial charge in [0.2, 0.25) is 5.75 Å². The Morgan fingerprint density at radius 1 is 1.07 bits per heavy atom. The molecular formula is C23H26O6S. The molecule has 160 valence electrons. The van der Waals surface area contributed by atoms with E-state index in [1.165, 1.54) is 24.9 Å². The molecule has 0 aliphatic rings. The smallest absolute Gasteiger partial charge is 0.204 e. The quantitative estimate of drug-likeness (QED) is 0.497. The molecule has 0 saturated carbocycles. The SMILES string of the molecule is CCC(C)Oc1cc2oc(Sc3ccc(O)cc3)cc(=O)c2c(OC(C)C)c1OC. The van der Waals surface area contributed by atoms with Gasteiger partial charge in [0.25, 0.3) is 0 Å². The molecule has 3 rings (SSSR count). The highest BCUT2D eigenvalue weighted by Gasteiger charge is 2.23. The minimum atomic E-state index is -0.235. The molecular weight excluding hydrogens is 404 g/mol. The van der Waals surface area contributed by atoms with E-state index < -0.39 is 0 Å². The second-order valence-corrected chi connectivity index (χ2v) is 8.22. The summed E-state index contributed by atoms with van der Waals surface area (Å²) in [5, 5.41) is 10.2. The van der Waals surface area contributed by atoms with Gasteiger partial charge >= 0.3 is 0 Å². The Bertz CT molecular complexity index is 1070. The Hall–Kier alpha value is -2.80. The van der Waals surface area contributed by atoms with Crippen LogP contribution in [0.4, 0.5) is 0 Å². The Labute approximate surface area is 179 Å². The fraction of sp³-hybridized carbons (Fsp3) is 0.348. The van der Waals surface area contributed by atoms with Gasteiger partial charge < -0.3 is 23.7 Å². The molecule has 1 unspecified atom stereocenters. The van der Waals surface area contributed by atoms with Crippen molar-refractivity contribution in [1.29, 1.82) is 0 Å². The molecule has 2 aromatic carbocycles. The normalized spacial score (nSPS) is 12.2. The van der Waals surface area contributed by atoms with Crippen molar-refractivity contribution in [3.63, 3.8) is 0 Å². The molecule has 6 nitrogen and oxygen atoms in total. The minimum Gasteiger partial charge on any atom is -0.508 e. The Kier molecular flexibility index (Phi) is 6.82. The van der Waals surface area contributed by atoms with Gasteiger partial charge in [-0.15, -0.1) is 0 Å². The van der Waals surface area contributed by atoms with Crippen molar-refractivity contribution in [2.75, 3.05) is 7.11 Å². The van der Waals surface area contributed by atoms with Crippen LogP contribution < -0.4 is 19.6 Å². The molecule has 1 heterocycles. The van der Waals surface area contributed by atoms with E-state index in [0.717, 1.165) is 11.3 Å². The lowest BCUT2D eigenvalue weighted by Gasteiger charge is -2.20. The third kappa shape index (κ3) is 4.84. The van der Waals surface area contributed by atoms with E-state index in [-0.39, 0.29) is 23.4 Å². The van der Waals surface area contributed by atoms with Gasteiger partial charge in [-0.3, -0.25) is 4.79 Å². The number of fused-ring (bicyclic) bond motifs is 1. The van der Waals surface area contributed by atoms with Crippen LogP contribution in [0.1, 0.15) is 34.1 Å². The Morgan fingerprint density at radius 2 is 1.77 bits per heavy atom. The number of aromatic hydroxyl groups is 1. The first-order valence-corrected chi connectivity index (χ1v) is 10.6. The van der Waals surface area contributed by atoms with E-state index in [0.29, 0.717) is 33.3 Å². The molecule has 0 spiro atoms. The molecule has 30 heavy (non-hydrogen) atoms. The molecule has 0 bridgehead atoms. The Morgan fingerprint density at radius 3 is 2.37 bits per heavy atom. The van der Waals surface area contributed by atoms with Crippen LogP contribution in [0.3, 0.4) is 0 Å². The van der Waals surface area contributed by atoms with Crippen LogP contribution >= 0.6 is 11.8 Å². The molecule has 7 heteroatoms. The van der Waals surface area contributed by atoms with Crippen molar-refractivity contribution in [3.8, 4) is 23.0 Å². The van der Waals surface area contributed by atoms with E-state index in [1.807, 2.05) is 27.7 Å². The van der Waals surface area contributed by atoms with Gasteiger partial charge in [0.05, 0.1) is 19.3 Å². The minimum absolute atomic E-state index is 0.0514. The summed E-state index contributed by atoms with van der Waals surface area (Å²) in [7, 11) is 1.52. The van der Waals surface area contributed by atoms with Crippen LogP contribution in [0.15, 0.2) is 55.6 Å². The molecule has 1 N–H and O–H groups in total. The van der Waals surface area contributed by atoms with Gasteiger partial charge in [0.1, 0.15) is 16.7 Å². The lowest BCUT2D eigenvalue weighted by Crippen LogP contribution is -2.14. The first-order chi connectivity index (χ1) is 14.3. The molecule has 1 aromatic heterocycles. The maximum atomic E-state index is 13.0. The van der Waals surface area contributed by atoms with E-state index in [4.69, 9.17) is 18.6 Å². The van der Waals surface area contributed by atoms with E-state index >= 15 is 0 Å². The summed E-state index contributed by atoms with van der Waals surface area (Å²) in [4.78, 5) is 13.8. The number of hydrogen-bond acceptors (Lipinski definition) is 7. The van der Waals surface area contributed by atoms with Crippen molar-refractivity contribution >= 4 is 22.7 Å². The van der Waals surface area contributed by atoms with Gasteiger partial charge in [-0.1, -0.05) is 18.7 Å². The average molecular weight is 431 g/mol. The summed E-state index contributed by atoms with van der Waals surface area (Å²) in [6, 6.07) is 9.78. The molecule has 1 atom stereocenters. The van der Waals surface area contributed by atoms with Crippen LogP contribution in [-0.2, 0) is 0 Å². The average Bonchev–Trinajstić information content (AvgIpc) is 2.69. The number of rotatable bonds is 8. The number of hydrogen-bond donors (Lipinski definition) is 1. The largest absolute Gasteiger partial charge is 0.508 e. The fourth-order valence-electron chi connectivity index (χ4n) is 2.83. The molecule has 0 saturated heterocycles. The van der Waals surface area contributed by atoms with Crippen molar-refractivity contribution in [3.05, 3.63) is 46.6 Å². The summed E-state index contributed by atoms with van der Waals surface area (Å²) in [6.07, 6.45) is 0.582. The molecule has 0 aliphatic heterocycles. The molecule has 3 aromatic rings. The first kappa shape index (κ1) is 21.9. The van der Waals surface area contributed by atoms with Gasteiger partial charge in [0.15, 0.2) is 22.0 Å². The number of phenols is 1. The third-order valence-electron chi connectivity index (χ3n) is 4.39. The van der Waals surface area contributed by atoms with E-state index in [1.54, 1.807) is 30.3 Å². The third-order valence-corrected chi connectivity index (χ3v) is 5.30. The van der Waals surface area contributed by atoms with E-state index in [2.05, 4.69) is 0 Å². The summed E-state index contributed by atoms with van der Waals surface area (Å²) >= 11 is 1.29. The number of benzene rings is 2. The molecule has 0 radical (unpaired) electrons. The molecule has 0 aliphatic carbocycles. The topological polar surface area (TPSA) is 78.1 Å². The monoisotopic (exact) mass is 430 g/mol. The second-order valence-electron chi connectivity index (χ2n) is 7.14. The van der Waals surface area contributed by atoms with Gasteiger partial charge in [-0.2, -0.15) is 0 Å². The van der Waals surface area contributed by atoms with Crippen molar-refractivity contribution < 1.29 is 23.7 Å². The van der Waals surface area contributed by atoms with Crippen molar-refractivity contribution in [1.82, 2.24) is 0 Å². The van der Waals surface area contributed by atoms with Crippen LogP contribution in [-0.4, -0.2) is 24.4 Å². The predicted octanol–water partition coefficient (Wildman–Crippen LogP) is 5.62. The van der Waals surface area contributed by atoms with Gasteiger partial charge in [-0.25, -0.2) is 0 Å². The summed E-state index contributed by atoms with van der Waals surface area (Å²) in [5.41, 5.74) is 0.125. The number of phenolic OH excluding ortho intramolecular Hbond substituents is 1. The molecule has 0 fully saturated rings. The van der Waals surface area contributed by atoms with E-state index in [9.17, 15) is 9.90 Å². The van der Waals surface area contributed by atoms with Gasteiger partial charge in [0, 0.05) is 17.0 Å². The summed E-state index contributed by atoms with van der Waals surface area (Å²) in [5.74, 6) is 1.33. The van der Waals surface area contributed by atoms with Crippen LogP contribution in [0.2, 0.25) is 0 Å². The second kappa shape index (κ2) is 9.34. The number of methoxy groups -OCH3 is 1. The Balaban J connectivity index is 2.17. The highest BCUT2D eigenvalue weighted by Crippen LogP contribution is 2.44. The van der Waals surface area contributed by atoms with Crippen LogP contribution in [0.25, 0.3) is 11.0 Å². The predicted molar refractivity (Wildman–Crippen MR) is 117 cm³/mol. The first-order valence-electron chi connectivity index (χ1n) is 9.81. The van der Waals surface area contributed by atoms with Crippen LogP contribution in [0.5, 0.6) is 23.0 Å². The fourth-order valence-corrected chi connectivity index (χ4v) is 3.64. The highest BCUT2D eigenvalue weighted by atomic mass is 32.2. The zero-order chi connectivity index (χ0) is 21.8. The van der Waals surface area contributed by atoms with Crippen LogP contribution in [0, 0.1) is 0 Å². The maximum absolute atomic E-state index is 13.0. The lowest BCUT2D eigenvalue weighted by atomic mass is 10.1. The van der Waals surface area contributed by atoms with Crippen molar-refractivity contribution in [2.24, 2.45) is 0 Å². The zero-order valence-electron chi connectivity index (χ0n) is 17.7. The summed E-state index contributed by atoms with van der Waals surface area (Å²) in [6.45, 7) is 7.74.